The summed E-state index contributed by atoms with van der Waals surface area (Å²) in [4.78, 5) is 2.36. The summed E-state index contributed by atoms with van der Waals surface area (Å²) >= 11 is 0. The third kappa shape index (κ3) is 7.96. The number of rotatable bonds is 12. The topological polar surface area (TPSA) is 37.6 Å². The molecule has 0 amide bonds. The van der Waals surface area contributed by atoms with E-state index in [4.69, 9.17) is 4.74 Å². The van der Waals surface area contributed by atoms with E-state index in [-0.39, 0.29) is 11.5 Å². The van der Waals surface area contributed by atoms with E-state index in [1.54, 1.807) is 7.11 Å². The first-order valence-corrected chi connectivity index (χ1v) is 11.0. The van der Waals surface area contributed by atoms with Gasteiger partial charge in [0.25, 0.3) is 0 Å². The molecule has 1 atom stereocenters. The third-order valence-corrected chi connectivity index (χ3v) is 5.40. The van der Waals surface area contributed by atoms with Gasteiger partial charge in [0.15, 0.2) is 0 Å². The van der Waals surface area contributed by atoms with Crippen molar-refractivity contribution in [3.8, 4) is 0 Å². The average molecular weight is 401 g/mol. The van der Waals surface area contributed by atoms with Gasteiger partial charge in [-0.25, -0.2) is 0 Å². The maximum atomic E-state index is 10.3. The van der Waals surface area contributed by atoms with E-state index in [1.165, 1.54) is 16.8 Å². The number of aromatic nitrogens is 1. The lowest BCUT2D eigenvalue weighted by Gasteiger charge is -2.26. The normalized spacial score (nSPS) is 13.2. The molecular weight excluding hydrogens is 360 g/mol. The summed E-state index contributed by atoms with van der Waals surface area (Å²) in [6, 6.07) is 13.3. The van der Waals surface area contributed by atoms with E-state index >= 15 is 0 Å². The summed E-state index contributed by atoms with van der Waals surface area (Å²) in [6.07, 6.45) is 4.72. The molecule has 0 saturated heterocycles. The second-order valence-corrected chi connectivity index (χ2v) is 9.10. The summed E-state index contributed by atoms with van der Waals surface area (Å²) in [5, 5.41) is 10.3. The van der Waals surface area contributed by atoms with Crippen LogP contribution in [0.25, 0.3) is 0 Å². The molecule has 1 N–H and O–H groups in total. The van der Waals surface area contributed by atoms with Crippen molar-refractivity contribution in [2.24, 2.45) is 0 Å². The van der Waals surface area contributed by atoms with Crippen LogP contribution in [0.5, 0.6) is 0 Å². The zero-order valence-corrected chi connectivity index (χ0v) is 19.0. The number of hydrogen-bond acceptors (Lipinski definition) is 3. The molecule has 0 aliphatic carbocycles. The first kappa shape index (κ1) is 23.7. The maximum absolute atomic E-state index is 10.3. The quantitative estimate of drug-likeness (QED) is 0.518. The standard InChI is InChI=1S/C25H40N2O2/c1-6-9-24(28)20-26(15-8-17-29-5)19-23-10-7-16-27(23)18-21-11-13-22(14-12-21)25(2,3)4/h7,10-14,16,24,28H,6,8-9,15,17-20H2,1-5H3. The van der Waals surface area contributed by atoms with E-state index in [0.717, 1.165) is 45.5 Å². The van der Waals surface area contributed by atoms with Crippen molar-refractivity contribution in [1.29, 1.82) is 0 Å². The zero-order valence-electron chi connectivity index (χ0n) is 19.0. The van der Waals surface area contributed by atoms with Crippen molar-refractivity contribution < 1.29 is 9.84 Å². The molecule has 0 radical (unpaired) electrons. The molecule has 1 unspecified atom stereocenters. The highest BCUT2D eigenvalue weighted by molar-refractivity contribution is 5.28. The third-order valence-electron chi connectivity index (χ3n) is 5.40. The minimum Gasteiger partial charge on any atom is -0.392 e. The van der Waals surface area contributed by atoms with Crippen LogP contribution in [0, 0.1) is 0 Å². The lowest BCUT2D eigenvalue weighted by atomic mass is 9.87. The van der Waals surface area contributed by atoms with Gasteiger partial charge in [-0.3, -0.25) is 4.90 Å². The van der Waals surface area contributed by atoms with Gasteiger partial charge in [-0.05, 0) is 41.5 Å². The predicted octanol–water partition coefficient (Wildman–Crippen LogP) is 4.83. The molecule has 0 aliphatic rings. The van der Waals surface area contributed by atoms with Crippen LogP contribution in [-0.2, 0) is 23.2 Å². The Kier molecular flexibility index (Phi) is 9.41. The van der Waals surface area contributed by atoms with Crippen LogP contribution in [-0.4, -0.2) is 47.5 Å². The summed E-state index contributed by atoms with van der Waals surface area (Å²) in [5.41, 5.74) is 4.14. The van der Waals surface area contributed by atoms with E-state index < -0.39 is 0 Å². The zero-order chi connectivity index (χ0) is 21.3. The second-order valence-electron chi connectivity index (χ2n) is 9.10. The largest absolute Gasteiger partial charge is 0.392 e. The molecule has 2 rings (SSSR count). The van der Waals surface area contributed by atoms with Crippen LogP contribution in [0.2, 0.25) is 0 Å². The second kappa shape index (κ2) is 11.5. The number of benzene rings is 1. The molecule has 1 heterocycles. The highest BCUT2D eigenvalue weighted by atomic mass is 16.5. The Morgan fingerprint density at radius 3 is 2.48 bits per heavy atom. The number of nitrogens with zero attached hydrogens (tertiary/aromatic N) is 2. The summed E-state index contributed by atoms with van der Waals surface area (Å²) in [5.74, 6) is 0. The Morgan fingerprint density at radius 1 is 1.14 bits per heavy atom. The van der Waals surface area contributed by atoms with Crippen LogP contribution < -0.4 is 0 Å². The molecule has 29 heavy (non-hydrogen) atoms. The SMILES string of the molecule is CCCC(O)CN(CCCOC)Cc1cccn1Cc1ccc(C(C)(C)C)cc1. The molecule has 1 aromatic heterocycles. The van der Waals surface area contributed by atoms with E-state index in [0.29, 0.717) is 6.54 Å². The minimum absolute atomic E-state index is 0.180. The van der Waals surface area contributed by atoms with Gasteiger partial charge in [0, 0.05) is 51.8 Å². The molecule has 0 spiro atoms. The number of hydrogen-bond donors (Lipinski definition) is 1. The highest BCUT2D eigenvalue weighted by Crippen LogP contribution is 2.22. The molecule has 0 aliphatic heterocycles. The van der Waals surface area contributed by atoms with Crippen molar-refractivity contribution in [2.75, 3.05) is 26.8 Å². The average Bonchev–Trinajstić information content (AvgIpc) is 3.08. The van der Waals surface area contributed by atoms with Gasteiger partial charge >= 0.3 is 0 Å². The highest BCUT2D eigenvalue weighted by Gasteiger charge is 2.15. The van der Waals surface area contributed by atoms with Crippen LogP contribution in [0.4, 0.5) is 0 Å². The van der Waals surface area contributed by atoms with Gasteiger partial charge in [0.05, 0.1) is 6.10 Å². The molecule has 4 heteroatoms. The van der Waals surface area contributed by atoms with Crippen LogP contribution >= 0.6 is 0 Å². The van der Waals surface area contributed by atoms with Crippen molar-refractivity contribution >= 4 is 0 Å². The van der Waals surface area contributed by atoms with Crippen molar-refractivity contribution in [1.82, 2.24) is 9.47 Å². The first-order chi connectivity index (χ1) is 13.8. The fourth-order valence-corrected chi connectivity index (χ4v) is 3.67. The fourth-order valence-electron chi connectivity index (χ4n) is 3.67. The molecule has 0 bridgehead atoms. The molecule has 2 aromatic rings. The Labute approximate surface area is 177 Å². The van der Waals surface area contributed by atoms with Crippen LogP contribution in [0.1, 0.15) is 63.8 Å². The number of aliphatic hydroxyl groups excluding tert-OH is 1. The van der Waals surface area contributed by atoms with Gasteiger partial charge in [-0.1, -0.05) is 58.4 Å². The van der Waals surface area contributed by atoms with Gasteiger partial charge in [0.1, 0.15) is 0 Å². The van der Waals surface area contributed by atoms with E-state index in [1.807, 2.05) is 0 Å². The Hall–Kier alpha value is -1.62. The molecule has 1 aromatic carbocycles. The minimum atomic E-state index is -0.268. The summed E-state index contributed by atoms with van der Waals surface area (Å²) in [7, 11) is 1.74. The smallest absolute Gasteiger partial charge is 0.0667 e. The lowest BCUT2D eigenvalue weighted by Crippen LogP contribution is -2.34. The Morgan fingerprint density at radius 2 is 1.86 bits per heavy atom. The van der Waals surface area contributed by atoms with Crippen LogP contribution in [0.3, 0.4) is 0 Å². The maximum Gasteiger partial charge on any atom is 0.0667 e. The van der Waals surface area contributed by atoms with Crippen molar-refractivity contribution in [3.63, 3.8) is 0 Å². The molecule has 4 nitrogen and oxygen atoms in total. The van der Waals surface area contributed by atoms with Gasteiger partial charge in [-0.2, -0.15) is 0 Å². The predicted molar refractivity (Wildman–Crippen MR) is 121 cm³/mol. The summed E-state index contributed by atoms with van der Waals surface area (Å²) in [6.45, 7) is 13.0. The molecule has 0 saturated carbocycles. The molecule has 0 fully saturated rings. The Bertz CT molecular complexity index is 700. The lowest BCUT2D eigenvalue weighted by molar-refractivity contribution is 0.0918. The van der Waals surface area contributed by atoms with E-state index in [2.05, 4.69) is 79.8 Å². The fraction of sp³-hybridized carbons (Fsp3) is 0.600. The first-order valence-electron chi connectivity index (χ1n) is 11.0. The molecular formula is C25H40N2O2. The van der Waals surface area contributed by atoms with Gasteiger partial charge in [-0.15, -0.1) is 0 Å². The molecule has 162 valence electrons. The Balaban J connectivity index is 2.05. The van der Waals surface area contributed by atoms with E-state index in [9.17, 15) is 5.11 Å². The van der Waals surface area contributed by atoms with Gasteiger partial charge in [0.2, 0.25) is 0 Å². The number of ether oxygens (including phenoxy) is 1. The monoisotopic (exact) mass is 400 g/mol. The van der Waals surface area contributed by atoms with Crippen LogP contribution in [0.15, 0.2) is 42.6 Å². The van der Waals surface area contributed by atoms with Gasteiger partial charge < -0.3 is 14.4 Å². The van der Waals surface area contributed by atoms with Crippen molar-refractivity contribution in [3.05, 3.63) is 59.4 Å². The summed E-state index contributed by atoms with van der Waals surface area (Å²) < 4.78 is 7.54. The number of aliphatic hydroxyl groups is 1. The number of methoxy groups -OCH3 is 1. The van der Waals surface area contributed by atoms with Crippen molar-refractivity contribution in [2.45, 2.75) is 71.6 Å².